The molecule has 2 atom stereocenters. The Morgan fingerprint density at radius 3 is 2.36 bits per heavy atom. The van der Waals surface area contributed by atoms with Crippen LogP contribution in [0, 0.1) is 5.82 Å². The Kier molecular flexibility index (Phi) is 6.98. The summed E-state index contributed by atoms with van der Waals surface area (Å²) in [7, 11) is -3.64. The first-order valence-electron chi connectivity index (χ1n) is 12.6. The van der Waals surface area contributed by atoms with Crippen LogP contribution in [0.2, 0.25) is 0 Å². The van der Waals surface area contributed by atoms with Crippen molar-refractivity contribution in [3.63, 3.8) is 0 Å². The monoisotopic (exact) mass is 512 g/mol. The zero-order chi connectivity index (χ0) is 25.3. The summed E-state index contributed by atoms with van der Waals surface area (Å²) in [6.07, 6.45) is 7.83. The van der Waals surface area contributed by atoms with Gasteiger partial charge in [0.25, 0.3) is 0 Å². The molecule has 1 saturated heterocycles. The Hall–Kier alpha value is -2.62. The van der Waals surface area contributed by atoms with Crippen LogP contribution in [0.5, 0.6) is 0 Å². The van der Waals surface area contributed by atoms with Gasteiger partial charge in [-0.05, 0) is 62.6 Å². The van der Waals surface area contributed by atoms with Crippen molar-refractivity contribution >= 4 is 10.0 Å². The Labute approximate surface area is 212 Å². The van der Waals surface area contributed by atoms with Gasteiger partial charge in [0.05, 0.1) is 6.61 Å². The Morgan fingerprint density at radius 2 is 1.72 bits per heavy atom. The number of aromatic nitrogens is 3. The van der Waals surface area contributed by atoms with Crippen LogP contribution in [0.4, 0.5) is 4.39 Å². The van der Waals surface area contributed by atoms with Crippen LogP contribution in [0.3, 0.4) is 0 Å². The molecular weight excluding hydrogens is 479 g/mol. The van der Waals surface area contributed by atoms with E-state index in [9.17, 15) is 13.5 Å². The van der Waals surface area contributed by atoms with Crippen LogP contribution in [0.25, 0.3) is 0 Å². The fourth-order valence-corrected chi connectivity index (χ4v) is 8.10. The summed E-state index contributed by atoms with van der Waals surface area (Å²) in [5.41, 5.74) is 1.39. The average molecular weight is 513 g/mol. The van der Waals surface area contributed by atoms with Crippen molar-refractivity contribution in [1.29, 1.82) is 0 Å². The molecule has 2 aromatic carbocycles. The predicted octanol–water partition coefficient (Wildman–Crippen LogP) is 4.52. The molecule has 5 rings (SSSR count). The van der Waals surface area contributed by atoms with Gasteiger partial charge in [0, 0.05) is 29.6 Å². The normalized spacial score (nSPS) is 28.7. The molecule has 0 unspecified atom stereocenters. The van der Waals surface area contributed by atoms with Crippen molar-refractivity contribution < 1.29 is 17.9 Å². The zero-order valence-corrected chi connectivity index (χ0v) is 21.3. The summed E-state index contributed by atoms with van der Waals surface area (Å²) < 4.78 is 46.0. The number of hydrogen-bond donors (Lipinski definition) is 1. The minimum atomic E-state index is -3.64. The molecule has 1 aliphatic heterocycles. The van der Waals surface area contributed by atoms with E-state index in [-0.39, 0.29) is 25.2 Å². The number of rotatable bonds is 6. The van der Waals surface area contributed by atoms with Gasteiger partial charge in [-0.2, -0.15) is 4.31 Å². The lowest BCUT2D eigenvalue weighted by molar-refractivity contribution is 0.132. The average Bonchev–Trinajstić information content (AvgIpc) is 3.43. The van der Waals surface area contributed by atoms with Gasteiger partial charge in [-0.15, -0.1) is 10.2 Å². The van der Waals surface area contributed by atoms with Gasteiger partial charge < -0.3 is 9.67 Å². The van der Waals surface area contributed by atoms with Crippen molar-refractivity contribution in [2.24, 2.45) is 0 Å². The number of benzene rings is 2. The van der Waals surface area contributed by atoms with E-state index >= 15 is 4.39 Å². The van der Waals surface area contributed by atoms with Crippen LogP contribution >= 0.6 is 0 Å². The lowest BCUT2D eigenvalue weighted by Gasteiger charge is -2.40. The molecule has 1 saturated carbocycles. The first kappa shape index (κ1) is 25.0. The van der Waals surface area contributed by atoms with E-state index in [4.69, 9.17) is 0 Å². The molecule has 1 N–H and O–H groups in total. The van der Waals surface area contributed by atoms with Crippen LogP contribution in [-0.2, 0) is 22.0 Å². The summed E-state index contributed by atoms with van der Waals surface area (Å²) in [4.78, 5) is 0. The predicted molar refractivity (Wildman–Crippen MR) is 135 cm³/mol. The molecule has 0 amide bonds. The smallest absolute Gasteiger partial charge is 0.221 e. The fraction of sp³-hybridized carbons (Fsp3) is 0.481. The maximum Gasteiger partial charge on any atom is 0.221 e. The van der Waals surface area contributed by atoms with E-state index in [1.165, 1.54) is 10.4 Å². The third-order valence-corrected chi connectivity index (χ3v) is 10.6. The SMILES string of the molecule is C[C@H]1CC[C@H](c2ccccc2)S(=O)(=O)N1Cc1ccc(C2(CO)CCC(n3cnnc3)CC2)cc1F. The number of halogens is 1. The molecule has 0 radical (unpaired) electrons. The largest absolute Gasteiger partial charge is 0.395 e. The number of aliphatic hydroxyl groups is 1. The lowest BCUT2D eigenvalue weighted by Crippen LogP contribution is -2.44. The zero-order valence-electron chi connectivity index (χ0n) is 20.5. The second kappa shape index (κ2) is 10.0. The molecule has 0 spiro atoms. The maximum atomic E-state index is 15.4. The minimum Gasteiger partial charge on any atom is -0.395 e. The van der Waals surface area contributed by atoms with Gasteiger partial charge in [-0.25, -0.2) is 12.8 Å². The van der Waals surface area contributed by atoms with Crippen molar-refractivity contribution in [3.8, 4) is 0 Å². The molecule has 9 heteroatoms. The van der Waals surface area contributed by atoms with E-state index in [1.54, 1.807) is 18.7 Å². The van der Waals surface area contributed by atoms with Gasteiger partial charge in [0.2, 0.25) is 10.0 Å². The second-order valence-electron chi connectivity index (χ2n) is 10.3. The first-order valence-corrected chi connectivity index (χ1v) is 14.1. The molecule has 2 aliphatic rings. The van der Waals surface area contributed by atoms with Crippen LogP contribution in [0.1, 0.15) is 73.4 Å². The van der Waals surface area contributed by atoms with E-state index in [1.807, 2.05) is 47.9 Å². The van der Waals surface area contributed by atoms with Crippen molar-refractivity contribution in [3.05, 3.63) is 83.7 Å². The molecule has 36 heavy (non-hydrogen) atoms. The minimum absolute atomic E-state index is 0.000769. The van der Waals surface area contributed by atoms with E-state index in [0.717, 1.165) is 43.2 Å². The molecule has 7 nitrogen and oxygen atoms in total. The highest BCUT2D eigenvalue weighted by atomic mass is 32.2. The van der Waals surface area contributed by atoms with E-state index < -0.39 is 26.5 Å². The fourth-order valence-electron chi connectivity index (χ4n) is 5.91. The Morgan fingerprint density at radius 1 is 1.03 bits per heavy atom. The van der Waals surface area contributed by atoms with Crippen LogP contribution in [-0.4, -0.2) is 45.2 Å². The second-order valence-corrected chi connectivity index (χ2v) is 12.4. The summed E-state index contributed by atoms with van der Waals surface area (Å²) in [5.74, 6) is -0.425. The highest BCUT2D eigenvalue weighted by molar-refractivity contribution is 7.89. The van der Waals surface area contributed by atoms with E-state index in [2.05, 4.69) is 10.2 Å². The lowest BCUT2D eigenvalue weighted by atomic mass is 9.68. The third kappa shape index (κ3) is 4.60. The van der Waals surface area contributed by atoms with Crippen molar-refractivity contribution in [1.82, 2.24) is 19.1 Å². The van der Waals surface area contributed by atoms with Crippen molar-refractivity contribution in [2.45, 2.75) is 74.7 Å². The topological polar surface area (TPSA) is 88.3 Å². The van der Waals surface area contributed by atoms with Gasteiger partial charge >= 0.3 is 0 Å². The molecule has 2 fully saturated rings. The van der Waals surface area contributed by atoms with Crippen molar-refractivity contribution in [2.75, 3.05) is 6.61 Å². The van der Waals surface area contributed by atoms with Crippen LogP contribution < -0.4 is 0 Å². The van der Waals surface area contributed by atoms with Gasteiger partial charge in [0.1, 0.15) is 23.7 Å². The number of sulfonamides is 1. The number of aliphatic hydroxyl groups excluding tert-OH is 1. The summed E-state index contributed by atoms with van der Waals surface area (Å²) in [6.45, 7) is 1.83. The molecule has 0 bridgehead atoms. The van der Waals surface area contributed by atoms with Gasteiger partial charge in [-0.3, -0.25) is 0 Å². The Balaban J connectivity index is 1.35. The number of hydrogen-bond acceptors (Lipinski definition) is 5. The molecule has 1 aliphatic carbocycles. The van der Waals surface area contributed by atoms with Gasteiger partial charge in [-0.1, -0.05) is 42.5 Å². The molecular formula is C27H33FN4O3S. The third-order valence-electron chi connectivity index (χ3n) is 8.26. The standard InChI is InChI=1S/C27H33FN4O3S/c1-20-7-10-26(21-5-3-2-4-6-21)36(34,35)32(20)16-22-8-9-23(15-25(22)28)27(17-33)13-11-24(12-14-27)31-18-29-30-19-31/h2-6,8-9,15,18-20,24,26,33H,7,10-14,16-17H2,1H3/t20-,24?,26+,27?/m0/s1. The maximum absolute atomic E-state index is 15.4. The highest BCUT2D eigenvalue weighted by Crippen LogP contribution is 2.44. The summed E-state index contributed by atoms with van der Waals surface area (Å²) in [5, 5.41) is 17.5. The molecule has 3 aromatic rings. The van der Waals surface area contributed by atoms with Gasteiger partial charge in [0.15, 0.2) is 0 Å². The Bertz CT molecular complexity index is 1280. The summed E-state index contributed by atoms with van der Waals surface area (Å²) >= 11 is 0. The first-order chi connectivity index (χ1) is 17.3. The quantitative estimate of drug-likeness (QED) is 0.525. The number of nitrogens with zero attached hydrogens (tertiary/aromatic N) is 4. The summed E-state index contributed by atoms with van der Waals surface area (Å²) in [6, 6.07) is 14.4. The molecule has 1 aromatic heterocycles. The molecule has 2 heterocycles. The molecule has 192 valence electrons. The van der Waals surface area contributed by atoms with Crippen LogP contribution in [0.15, 0.2) is 61.2 Å². The highest BCUT2D eigenvalue weighted by Gasteiger charge is 2.41. The van der Waals surface area contributed by atoms with E-state index in [0.29, 0.717) is 12.0 Å².